The number of nitrogens with zero attached hydrogens (tertiary/aromatic N) is 1. The van der Waals surface area contributed by atoms with Crippen molar-refractivity contribution in [3.05, 3.63) is 0 Å². The molecule has 0 heterocycles. The van der Waals surface area contributed by atoms with Crippen molar-refractivity contribution in [3.8, 4) is 0 Å². The third-order valence-electron chi connectivity index (χ3n) is 2.24. The highest BCUT2D eigenvalue weighted by atomic mass is 16.2. The Kier molecular flexibility index (Phi) is 5.92. The molecular formula is C10H20N2O2. The molecule has 0 aliphatic rings. The topological polar surface area (TPSA) is 63.4 Å². The average Bonchev–Trinajstić information content (AvgIpc) is 2.13. The number of carbonyl (C=O) groups excluding carboxylic acids is 2. The number of amides is 2. The van der Waals surface area contributed by atoms with E-state index in [0.29, 0.717) is 0 Å². The lowest BCUT2D eigenvalue weighted by Gasteiger charge is -2.18. The molecule has 2 amide bonds. The van der Waals surface area contributed by atoms with Gasteiger partial charge in [0.25, 0.3) is 0 Å². The zero-order valence-corrected chi connectivity index (χ0v) is 9.25. The van der Waals surface area contributed by atoms with Crippen LogP contribution in [0.15, 0.2) is 0 Å². The fourth-order valence-electron chi connectivity index (χ4n) is 1.04. The van der Waals surface area contributed by atoms with Crippen LogP contribution in [0.3, 0.4) is 0 Å². The van der Waals surface area contributed by atoms with E-state index < -0.39 is 5.91 Å². The van der Waals surface area contributed by atoms with Crippen molar-refractivity contribution >= 4 is 11.8 Å². The van der Waals surface area contributed by atoms with Crippen LogP contribution < -0.4 is 5.73 Å². The molecule has 0 radical (unpaired) electrons. The first-order chi connectivity index (χ1) is 6.49. The lowest BCUT2D eigenvalue weighted by atomic mass is 10.1. The molecule has 0 bridgehead atoms. The summed E-state index contributed by atoms with van der Waals surface area (Å²) in [6.45, 7) is 4.50. The second kappa shape index (κ2) is 6.40. The van der Waals surface area contributed by atoms with Crippen molar-refractivity contribution in [1.82, 2.24) is 4.90 Å². The van der Waals surface area contributed by atoms with Gasteiger partial charge in [-0.15, -0.1) is 0 Å². The minimum absolute atomic E-state index is 0.00949. The Morgan fingerprint density at radius 1 is 1.43 bits per heavy atom. The first kappa shape index (κ1) is 12.9. The van der Waals surface area contributed by atoms with Crippen molar-refractivity contribution in [2.75, 3.05) is 13.6 Å². The number of unbranched alkanes of at least 4 members (excludes halogenated alkanes) is 1. The molecule has 0 aromatic carbocycles. The highest BCUT2D eigenvalue weighted by molar-refractivity contribution is 5.84. The van der Waals surface area contributed by atoms with Crippen LogP contribution in [0.1, 0.15) is 33.1 Å². The van der Waals surface area contributed by atoms with Crippen molar-refractivity contribution in [2.24, 2.45) is 11.7 Å². The van der Waals surface area contributed by atoms with Crippen LogP contribution in [0.25, 0.3) is 0 Å². The quantitative estimate of drug-likeness (QED) is 0.688. The first-order valence-corrected chi connectivity index (χ1v) is 5.02. The number of hydrogen-bond acceptors (Lipinski definition) is 2. The van der Waals surface area contributed by atoms with Crippen molar-refractivity contribution < 1.29 is 9.59 Å². The molecule has 0 spiro atoms. The fourth-order valence-corrected chi connectivity index (χ4v) is 1.04. The normalized spacial score (nSPS) is 12.2. The maximum Gasteiger partial charge on any atom is 0.223 e. The molecule has 82 valence electrons. The molecule has 1 unspecified atom stereocenters. The highest BCUT2D eigenvalue weighted by Gasteiger charge is 2.16. The highest BCUT2D eigenvalue weighted by Crippen LogP contribution is 2.04. The zero-order valence-electron chi connectivity index (χ0n) is 9.25. The van der Waals surface area contributed by atoms with Crippen LogP contribution in [-0.2, 0) is 9.59 Å². The van der Waals surface area contributed by atoms with Gasteiger partial charge in [0.05, 0.1) is 0 Å². The predicted octanol–water partition coefficient (Wildman–Crippen LogP) is 0.756. The van der Waals surface area contributed by atoms with Gasteiger partial charge in [-0.3, -0.25) is 9.59 Å². The summed E-state index contributed by atoms with van der Waals surface area (Å²) in [6.07, 6.45) is 2.27. The summed E-state index contributed by atoms with van der Waals surface area (Å²) in [5, 5.41) is 0. The number of primary amides is 1. The van der Waals surface area contributed by atoms with E-state index in [1.807, 2.05) is 0 Å². The Hall–Kier alpha value is -1.06. The van der Waals surface area contributed by atoms with Crippen LogP contribution in [0, 0.1) is 5.92 Å². The Labute approximate surface area is 85.4 Å². The second-order valence-electron chi connectivity index (χ2n) is 3.68. The second-order valence-corrected chi connectivity index (χ2v) is 3.68. The molecular weight excluding hydrogens is 180 g/mol. The SMILES string of the molecule is CCCCN(C)C(=O)CC(C)C(N)=O. The van der Waals surface area contributed by atoms with Crippen LogP contribution in [-0.4, -0.2) is 30.3 Å². The molecule has 1 atom stereocenters. The fraction of sp³-hybridized carbons (Fsp3) is 0.800. The lowest BCUT2D eigenvalue weighted by Crippen LogP contribution is -2.32. The van der Waals surface area contributed by atoms with Gasteiger partial charge in [-0.25, -0.2) is 0 Å². The van der Waals surface area contributed by atoms with E-state index in [9.17, 15) is 9.59 Å². The summed E-state index contributed by atoms with van der Waals surface area (Å²) in [7, 11) is 1.76. The van der Waals surface area contributed by atoms with E-state index in [1.54, 1.807) is 18.9 Å². The molecule has 0 aromatic rings. The summed E-state index contributed by atoms with van der Waals surface area (Å²) in [4.78, 5) is 23.9. The largest absolute Gasteiger partial charge is 0.369 e. The molecule has 4 nitrogen and oxygen atoms in total. The zero-order chi connectivity index (χ0) is 11.1. The van der Waals surface area contributed by atoms with Gasteiger partial charge in [-0.1, -0.05) is 20.3 Å². The Bertz CT molecular complexity index is 204. The smallest absolute Gasteiger partial charge is 0.223 e. The van der Waals surface area contributed by atoms with Gasteiger partial charge in [0.2, 0.25) is 11.8 Å². The van der Waals surface area contributed by atoms with E-state index in [2.05, 4.69) is 6.92 Å². The maximum atomic E-state index is 11.5. The minimum Gasteiger partial charge on any atom is -0.369 e. The van der Waals surface area contributed by atoms with E-state index in [-0.39, 0.29) is 18.2 Å². The van der Waals surface area contributed by atoms with Gasteiger partial charge >= 0.3 is 0 Å². The van der Waals surface area contributed by atoms with E-state index in [4.69, 9.17) is 5.73 Å². The van der Waals surface area contributed by atoms with Crippen LogP contribution in [0.2, 0.25) is 0 Å². The van der Waals surface area contributed by atoms with Crippen LogP contribution in [0.4, 0.5) is 0 Å². The molecule has 0 aliphatic carbocycles. The van der Waals surface area contributed by atoms with E-state index >= 15 is 0 Å². The molecule has 0 fully saturated rings. The van der Waals surface area contributed by atoms with Gasteiger partial charge in [0, 0.05) is 25.9 Å². The molecule has 0 saturated heterocycles. The first-order valence-electron chi connectivity index (χ1n) is 5.02. The van der Waals surface area contributed by atoms with Gasteiger partial charge in [0.1, 0.15) is 0 Å². The van der Waals surface area contributed by atoms with Crippen LogP contribution >= 0.6 is 0 Å². The maximum absolute atomic E-state index is 11.5. The van der Waals surface area contributed by atoms with E-state index in [0.717, 1.165) is 19.4 Å². The number of hydrogen-bond donors (Lipinski definition) is 1. The summed E-state index contributed by atoms with van der Waals surface area (Å²) in [5.41, 5.74) is 5.07. The molecule has 0 rings (SSSR count). The average molecular weight is 200 g/mol. The molecule has 0 saturated carbocycles. The summed E-state index contributed by atoms with van der Waals surface area (Å²) in [5.74, 6) is -0.793. The Morgan fingerprint density at radius 2 is 2.00 bits per heavy atom. The van der Waals surface area contributed by atoms with Gasteiger partial charge in [0.15, 0.2) is 0 Å². The Morgan fingerprint density at radius 3 is 2.43 bits per heavy atom. The van der Waals surface area contributed by atoms with Crippen molar-refractivity contribution in [1.29, 1.82) is 0 Å². The summed E-state index contributed by atoms with van der Waals surface area (Å²) < 4.78 is 0. The third-order valence-corrected chi connectivity index (χ3v) is 2.24. The number of rotatable bonds is 6. The van der Waals surface area contributed by atoms with E-state index in [1.165, 1.54) is 0 Å². The number of nitrogens with two attached hydrogens (primary N) is 1. The third kappa shape index (κ3) is 4.84. The summed E-state index contributed by atoms with van der Waals surface area (Å²) >= 11 is 0. The predicted molar refractivity (Wildman–Crippen MR) is 55.5 cm³/mol. The molecule has 2 N–H and O–H groups in total. The standard InChI is InChI=1S/C10H20N2O2/c1-4-5-6-12(3)9(13)7-8(2)10(11)14/h8H,4-7H2,1-3H3,(H2,11,14). The van der Waals surface area contributed by atoms with Crippen molar-refractivity contribution in [3.63, 3.8) is 0 Å². The van der Waals surface area contributed by atoms with Gasteiger partial charge < -0.3 is 10.6 Å². The molecule has 4 heteroatoms. The lowest BCUT2D eigenvalue weighted by molar-refractivity contribution is -0.134. The van der Waals surface area contributed by atoms with Gasteiger partial charge in [-0.2, -0.15) is 0 Å². The Balaban J connectivity index is 3.88. The molecule has 0 aliphatic heterocycles. The number of carbonyl (C=O) groups is 2. The van der Waals surface area contributed by atoms with Crippen LogP contribution in [0.5, 0.6) is 0 Å². The van der Waals surface area contributed by atoms with Crippen molar-refractivity contribution in [2.45, 2.75) is 33.1 Å². The molecule has 14 heavy (non-hydrogen) atoms. The monoisotopic (exact) mass is 200 g/mol. The van der Waals surface area contributed by atoms with Gasteiger partial charge in [-0.05, 0) is 6.42 Å². The minimum atomic E-state index is -0.415. The summed E-state index contributed by atoms with van der Waals surface area (Å²) in [6, 6.07) is 0. The molecule has 0 aromatic heterocycles.